The molecule has 0 aromatic heterocycles. The van der Waals surface area contributed by atoms with Crippen molar-refractivity contribution in [2.75, 3.05) is 13.1 Å². The maximum atomic E-state index is 10.6. The summed E-state index contributed by atoms with van der Waals surface area (Å²) in [4.78, 5) is 10.6. The van der Waals surface area contributed by atoms with Crippen LogP contribution >= 0.6 is 11.6 Å². The summed E-state index contributed by atoms with van der Waals surface area (Å²) in [6, 6.07) is 5.83. The number of benzene rings is 1. The number of nitrogens with two attached hydrogens (primary N) is 1. The van der Waals surface area contributed by atoms with Gasteiger partial charge in [-0.3, -0.25) is 0 Å². The van der Waals surface area contributed by atoms with Crippen molar-refractivity contribution >= 4 is 17.6 Å². The predicted molar refractivity (Wildman–Crippen MR) is 77.3 cm³/mol. The molecule has 1 unspecified atom stereocenters. The number of rotatable bonds is 4. The minimum Gasteiger partial charge on any atom is -0.352 e. The van der Waals surface area contributed by atoms with Crippen LogP contribution in [-0.4, -0.2) is 19.1 Å². The summed E-state index contributed by atoms with van der Waals surface area (Å²) in [5, 5.41) is 6.83. The Hall–Kier alpha value is -1.26. The van der Waals surface area contributed by atoms with Gasteiger partial charge < -0.3 is 16.4 Å². The molecule has 0 heterocycles. The molecule has 0 spiro atoms. The minimum atomic E-state index is -0.490. The van der Waals surface area contributed by atoms with E-state index in [1.165, 1.54) is 11.1 Å². The molecule has 4 N–H and O–H groups in total. The highest BCUT2D eigenvalue weighted by Gasteiger charge is 2.38. The number of primary amides is 1. The molecule has 104 valence electrons. The van der Waals surface area contributed by atoms with Gasteiger partial charge in [-0.05, 0) is 35.1 Å². The molecule has 1 aromatic carbocycles. The number of amides is 2. The largest absolute Gasteiger partial charge is 0.352 e. The number of hydrogen-bond acceptors (Lipinski definition) is 2. The number of carbonyl (C=O) groups excluding carboxylic acids is 1. The van der Waals surface area contributed by atoms with Crippen LogP contribution in [0.3, 0.4) is 0 Å². The lowest BCUT2D eigenvalue weighted by molar-refractivity contribution is 0.246. The Bertz CT molecular complexity index is 488. The highest BCUT2D eigenvalue weighted by molar-refractivity contribution is 6.30. The lowest BCUT2D eigenvalue weighted by Crippen LogP contribution is -2.39. The molecule has 2 rings (SSSR count). The third kappa shape index (κ3) is 3.19. The standard InChI is InChI=1S/C14H20ClN3O/c1-14(2)8-9-3-4-10(15)7-11(9)12(14)17-5-6-18-13(16)19/h3-4,7,12,17H,5-6,8H2,1-2H3,(H3,16,18,19). The quantitative estimate of drug-likeness (QED) is 0.741. The molecule has 19 heavy (non-hydrogen) atoms. The van der Waals surface area contributed by atoms with Gasteiger partial charge in [0.15, 0.2) is 0 Å². The third-order valence-electron chi connectivity index (χ3n) is 3.62. The van der Waals surface area contributed by atoms with Crippen LogP contribution < -0.4 is 16.4 Å². The molecule has 0 saturated carbocycles. The van der Waals surface area contributed by atoms with Crippen LogP contribution in [0.5, 0.6) is 0 Å². The van der Waals surface area contributed by atoms with Crippen LogP contribution in [0.15, 0.2) is 18.2 Å². The zero-order valence-electron chi connectivity index (χ0n) is 11.3. The van der Waals surface area contributed by atoms with Gasteiger partial charge >= 0.3 is 6.03 Å². The van der Waals surface area contributed by atoms with E-state index in [1.54, 1.807) is 0 Å². The van der Waals surface area contributed by atoms with Crippen LogP contribution in [-0.2, 0) is 6.42 Å². The molecule has 0 radical (unpaired) electrons. The Labute approximate surface area is 118 Å². The summed E-state index contributed by atoms with van der Waals surface area (Å²) < 4.78 is 0. The molecular weight excluding hydrogens is 262 g/mol. The second-order valence-electron chi connectivity index (χ2n) is 5.69. The fraction of sp³-hybridized carbons (Fsp3) is 0.500. The summed E-state index contributed by atoms with van der Waals surface area (Å²) in [6.07, 6.45) is 1.03. The summed E-state index contributed by atoms with van der Waals surface area (Å²) in [7, 11) is 0. The van der Waals surface area contributed by atoms with Gasteiger partial charge in [0.05, 0.1) is 0 Å². The molecule has 1 aliphatic rings. The van der Waals surface area contributed by atoms with Gasteiger partial charge in [-0.25, -0.2) is 4.79 Å². The Morgan fingerprint density at radius 1 is 1.47 bits per heavy atom. The molecule has 1 atom stereocenters. The van der Waals surface area contributed by atoms with Crippen molar-refractivity contribution < 1.29 is 4.79 Å². The fourth-order valence-corrected chi connectivity index (χ4v) is 2.98. The van der Waals surface area contributed by atoms with Crippen molar-refractivity contribution in [3.8, 4) is 0 Å². The minimum absolute atomic E-state index is 0.139. The van der Waals surface area contributed by atoms with Crippen LogP contribution in [0, 0.1) is 5.41 Å². The van der Waals surface area contributed by atoms with E-state index in [-0.39, 0.29) is 11.5 Å². The van der Waals surface area contributed by atoms with Gasteiger partial charge in [-0.2, -0.15) is 0 Å². The Morgan fingerprint density at radius 3 is 2.89 bits per heavy atom. The smallest absolute Gasteiger partial charge is 0.312 e. The summed E-state index contributed by atoms with van der Waals surface area (Å²) in [5.41, 5.74) is 7.78. The zero-order chi connectivity index (χ0) is 14.0. The predicted octanol–water partition coefficient (Wildman–Crippen LogP) is 2.22. The monoisotopic (exact) mass is 281 g/mol. The van der Waals surface area contributed by atoms with Gasteiger partial charge in [0.1, 0.15) is 0 Å². The molecule has 0 saturated heterocycles. The van der Waals surface area contributed by atoms with Gasteiger partial charge in [-0.1, -0.05) is 31.5 Å². The first-order valence-electron chi connectivity index (χ1n) is 6.45. The van der Waals surface area contributed by atoms with Crippen LogP contribution in [0.1, 0.15) is 31.0 Å². The Morgan fingerprint density at radius 2 is 2.21 bits per heavy atom. The summed E-state index contributed by atoms with van der Waals surface area (Å²) in [5.74, 6) is 0. The topological polar surface area (TPSA) is 67.2 Å². The molecule has 5 heteroatoms. The number of halogens is 1. The normalized spacial score (nSPS) is 20.1. The van der Waals surface area contributed by atoms with Crippen molar-refractivity contribution in [2.45, 2.75) is 26.3 Å². The number of nitrogens with one attached hydrogen (secondary N) is 2. The van der Waals surface area contributed by atoms with E-state index in [0.717, 1.165) is 11.4 Å². The molecule has 0 bridgehead atoms. The Balaban J connectivity index is 2.06. The van der Waals surface area contributed by atoms with E-state index >= 15 is 0 Å². The van der Waals surface area contributed by atoms with E-state index in [4.69, 9.17) is 17.3 Å². The van der Waals surface area contributed by atoms with Gasteiger partial charge in [0.25, 0.3) is 0 Å². The number of carbonyl (C=O) groups is 1. The molecule has 1 aromatic rings. The molecule has 0 aliphatic heterocycles. The van der Waals surface area contributed by atoms with E-state index in [2.05, 4.69) is 30.5 Å². The SMILES string of the molecule is CC1(C)Cc2ccc(Cl)cc2C1NCCNC(N)=O. The van der Waals surface area contributed by atoms with E-state index in [1.807, 2.05) is 12.1 Å². The van der Waals surface area contributed by atoms with Crippen LogP contribution in [0.2, 0.25) is 5.02 Å². The lowest BCUT2D eigenvalue weighted by atomic mass is 9.85. The molecule has 0 fully saturated rings. The number of fused-ring (bicyclic) bond motifs is 1. The summed E-state index contributed by atoms with van der Waals surface area (Å²) in [6.45, 7) is 5.68. The average Bonchev–Trinajstić information content (AvgIpc) is 2.55. The third-order valence-corrected chi connectivity index (χ3v) is 3.85. The van der Waals surface area contributed by atoms with Gasteiger partial charge in [0.2, 0.25) is 0 Å². The first-order valence-corrected chi connectivity index (χ1v) is 6.83. The molecule has 4 nitrogen and oxygen atoms in total. The number of urea groups is 1. The van der Waals surface area contributed by atoms with Gasteiger partial charge in [0, 0.05) is 24.2 Å². The highest BCUT2D eigenvalue weighted by Crippen LogP contribution is 2.45. The first-order chi connectivity index (χ1) is 8.90. The van der Waals surface area contributed by atoms with E-state index in [0.29, 0.717) is 13.1 Å². The van der Waals surface area contributed by atoms with Crippen molar-refractivity contribution in [3.05, 3.63) is 34.3 Å². The van der Waals surface area contributed by atoms with E-state index < -0.39 is 6.03 Å². The first kappa shape index (κ1) is 14.2. The average molecular weight is 282 g/mol. The van der Waals surface area contributed by atoms with Crippen LogP contribution in [0.25, 0.3) is 0 Å². The van der Waals surface area contributed by atoms with Crippen LogP contribution in [0.4, 0.5) is 4.79 Å². The second kappa shape index (κ2) is 5.39. The fourth-order valence-electron chi connectivity index (χ4n) is 2.80. The molecular formula is C14H20ClN3O. The maximum absolute atomic E-state index is 10.6. The second-order valence-corrected chi connectivity index (χ2v) is 6.12. The summed E-state index contributed by atoms with van der Waals surface area (Å²) >= 11 is 6.08. The van der Waals surface area contributed by atoms with Crippen molar-refractivity contribution in [2.24, 2.45) is 11.1 Å². The zero-order valence-corrected chi connectivity index (χ0v) is 12.1. The van der Waals surface area contributed by atoms with E-state index in [9.17, 15) is 4.79 Å². The van der Waals surface area contributed by atoms with Crippen molar-refractivity contribution in [3.63, 3.8) is 0 Å². The van der Waals surface area contributed by atoms with Crippen molar-refractivity contribution in [1.29, 1.82) is 0 Å². The Kier molecular flexibility index (Phi) is 4.02. The maximum Gasteiger partial charge on any atom is 0.312 e. The van der Waals surface area contributed by atoms with Gasteiger partial charge in [-0.15, -0.1) is 0 Å². The molecule has 2 amide bonds. The molecule has 1 aliphatic carbocycles. The van der Waals surface area contributed by atoms with Crippen molar-refractivity contribution in [1.82, 2.24) is 10.6 Å². The lowest BCUT2D eigenvalue weighted by Gasteiger charge is -2.28. The number of hydrogen-bond donors (Lipinski definition) is 3. The highest BCUT2D eigenvalue weighted by atomic mass is 35.5.